The normalized spacial score (nSPS) is 28.1. The SMILES string of the molecule is CC1CC(C)CN(S(=O)(=O)c2cccc(C(=O)N3CCCC(N)C3)c2)C1. The van der Waals surface area contributed by atoms with Crippen molar-refractivity contribution >= 4 is 15.9 Å². The Labute approximate surface area is 156 Å². The monoisotopic (exact) mass is 379 g/mol. The van der Waals surface area contributed by atoms with Crippen LogP contribution in [0.2, 0.25) is 0 Å². The van der Waals surface area contributed by atoms with Gasteiger partial charge in [-0.2, -0.15) is 4.31 Å². The Morgan fingerprint density at radius 1 is 1.15 bits per heavy atom. The zero-order chi connectivity index (χ0) is 18.9. The van der Waals surface area contributed by atoms with Gasteiger partial charge in [-0.3, -0.25) is 4.79 Å². The standard InChI is InChI=1S/C19H29N3O3S/c1-14-9-15(2)12-22(11-14)26(24,25)18-7-3-5-16(10-18)19(23)21-8-4-6-17(20)13-21/h3,5,7,10,14-15,17H,4,6,8-9,11-13,20H2,1-2H3. The number of hydrogen-bond acceptors (Lipinski definition) is 4. The van der Waals surface area contributed by atoms with E-state index >= 15 is 0 Å². The molecule has 1 amide bonds. The molecule has 3 rings (SSSR count). The molecule has 144 valence electrons. The Kier molecular flexibility index (Phi) is 5.69. The number of likely N-dealkylation sites (tertiary alicyclic amines) is 1. The van der Waals surface area contributed by atoms with E-state index in [0.717, 1.165) is 19.3 Å². The number of hydrogen-bond donors (Lipinski definition) is 1. The van der Waals surface area contributed by atoms with Crippen LogP contribution in [0.1, 0.15) is 43.5 Å². The van der Waals surface area contributed by atoms with Gasteiger partial charge in [0.05, 0.1) is 4.90 Å². The van der Waals surface area contributed by atoms with Gasteiger partial charge in [0.2, 0.25) is 10.0 Å². The quantitative estimate of drug-likeness (QED) is 0.870. The first-order chi connectivity index (χ1) is 12.3. The Hall–Kier alpha value is -1.44. The zero-order valence-electron chi connectivity index (χ0n) is 15.6. The third-order valence-electron chi connectivity index (χ3n) is 5.30. The molecule has 0 aromatic heterocycles. The molecule has 26 heavy (non-hydrogen) atoms. The van der Waals surface area contributed by atoms with Crippen LogP contribution in [0.15, 0.2) is 29.2 Å². The number of nitrogens with two attached hydrogens (primary N) is 1. The number of carbonyl (C=O) groups excluding carboxylic acids is 1. The van der Waals surface area contributed by atoms with Crippen molar-refractivity contribution in [1.82, 2.24) is 9.21 Å². The fraction of sp³-hybridized carbons (Fsp3) is 0.632. The summed E-state index contributed by atoms with van der Waals surface area (Å²) in [5.74, 6) is 0.541. The molecule has 2 aliphatic heterocycles. The lowest BCUT2D eigenvalue weighted by Crippen LogP contribution is -2.45. The summed E-state index contributed by atoms with van der Waals surface area (Å²) in [5, 5.41) is 0. The van der Waals surface area contributed by atoms with Crippen LogP contribution in [0, 0.1) is 11.8 Å². The molecular formula is C19H29N3O3S. The van der Waals surface area contributed by atoms with E-state index in [1.54, 1.807) is 27.4 Å². The third-order valence-corrected chi connectivity index (χ3v) is 7.13. The van der Waals surface area contributed by atoms with Gasteiger partial charge in [-0.15, -0.1) is 0 Å². The van der Waals surface area contributed by atoms with Gasteiger partial charge in [-0.1, -0.05) is 19.9 Å². The molecule has 1 aromatic carbocycles. The number of piperidine rings is 2. The predicted molar refractivity (Wildman–Crippen MR) is 101 cm³/mol. The van der Waals surface area contributed by atoms with E-state index in [2.05, 4.69) is 13.8 Å². The highest BCUT2D eigenvalue weighted by atomic mass is 32.2. The molecule has 7 heteroatoms. The lowest BCUT2D eigenvalue weighted by atomic mass is 9.94. The Balaban J connectivity index is 1.83. The molecule has 2 aliphatic rings. The highest BCUT2D eigenvalue weighted by Crippen LogP contribution is 2.27. The highest BCUT2D eigenvalue weighted by molar-refractivity contribution is 7.89. The summed E-state index contributed by atoms with van der Waals surface area (Å²) in [5.41, 5.74) is 6.38. The van der Waals surface area contributed by atoms with Gasteiger partial charge in [0, 0.05) is 37.8 Å². The van der Waals surface area contributed by atoms with Crippen LogP contribution in [0.4, 0.5) is 0 Å². The van der Waals surface area contributed by atoms with Crippen molar-refractivity contribution in [3.05, 3.63) is 29.8 Å². The number of benzene rings is 1. The van der Waals surface area contributed by atoms with Crippen LogP contribution in [0.3, 0.4) is 0 Å². The molecule has 0 aliphatic carbocycles. The topological polar surface area (TPSA) is 83.7 Å². The molecule has 3 unspecified atom stereocenters. The number of sulfonamides is 1. The van der Waals surface area contributed by atoms with Gasteiger partial charge in [0.25, 0.3) is 5.91 Å². The molecule has 3 atom stereocenters. The van der Waals surface area contributed by atoms with E-state index < -0.39 is 10.0 Å². The maximum absolute atomic E-state index is 13.1. The molecule has 0 spiro atoms. The average molecular weight is 380 g/mol. The minimum atomic E-state index is -3.59. The third kappa shape index (κ3) is 4.10. The van der Waals surface area contributed by atoms with Crippen molar-refractivity contribution in [3.63, 3.8) is 0 Å². The van der Waals surface area contributed by atoms with E-state index in [0.29, 0.717) is 43.6 Å². The van der Waals surface area contributed by atoms with Crippen molar-refractivity contribution in [2.45, 2.75) is 44.0 Å². The van der Waals surface area contributed by atoms with Gasteiger partial charge in [0.1, 0.15) is 0 Å². The summed E-state index contributed by atoms with van der Waals surface area (Å²) in [7, 11) is -3.59. The van der Waals surface area contributed by atoms with Crippen LogP contribution < -0.4 is 5.73 Å². The number of nitrogens with zero attached hydrogens (tertiary/aromatic N) is 2. The van der Waals surface area contributed by atoms with Gasteiger partial charge < -0.3 is 10.6 Å². The minimum Gasteiger partial charge on any atom is -0.337 e. The van der Waals surface area contributed by atoms with Crippen LogP contribution in [-0.4, -0.2) is 55.8 Å². The van der Waals surface area contributed by atoms with Crippen LogP contribution in [0.5, 0.6) is 0 Å². The molecule has 2 saturated heterocycles. The highest BCUT2D eigenvalue weighted by Gasteiger charge is 2.32. The zero-order valence-corrected chi connectivity index (χ0v) is 16.4. The first-order valence-electron chi connectivity index (χ1n) is 9.42. The second kappa shape index (κ2) is 7.66. The summed E-state index contributed by atoms with van der Waals surface area (Å²) >= 11 is 0. The van der Waals surface area contributed by atoms with Crippen molar-refractivity contribution in [2.24, 2.45) is 17.6 Å². The van der Waals surface area contributed by atoms with E-state index in [9.17, 15) is 13.2 Å². The van der Waals surface area contributed by atoms with Crippen molar-refractivity contribution in [1.29, 1.82) is 0 Å². The summed E-state index contributed by atoms with van der Waals surface area (Å²) in [4.78, 5) is 14.7. The molecule has 0 saturated carbocycles. The molecule has 6 nitrogen and oxygen atoms in total. The second-order valence-electron chi connectivity index (χ2n) is 7.95. The number of rotatable bonds is 3. The molecule has 0 bridgehead atoms. The molecule has 1 aromatic rings. The van der Waals surface area contributed by atoms with Gasteiger partial charge in [-0.25, -0.2) is 8.42 Å². The Morgan fingerprint density at radius 3 is 2.50 bits per heavy atom. The summed E-state index contributed by atoms with van der Waals surface area (Å²) in [6.07, 6.45) is 2.84. The largest absolute Gasteiger partial charge is 0.337 e. The van der Waals surface area contributed by atoms with Gasteiger partial charge in [-0.05, 0) is 49.3 Å². The van der Waals surface area contributed by atoms with E-state index in [4.69, 9.17) is 5.73 Å². The van der Waals surface area contributed by atoms with E-state index in [-0.39, 0.29) is 16.8 Å². The minimum absolute atomic E-state index is 0.00376. The fourth-order valence-electron chi connectivity index (χ4n) is 4.12. The summed E-state index contributed by atoms with van der Waals surface area (Å²) in [6.45, 7) is 6.43. The maximum atomic E-state index is 13.1. The molecule has 0 radical (unpaired) electrons. The summed E-state index contributed by atoms with van der Waals surface area (Å²) < 4.78 is 27.7. The molecule has 2 fully saturated rings. The number of carbonyl (C=O) groups is 1. The van der Waals surface area contributed by atoms with Gasteiger partial charge >= 0.3 is 0 Å². The fourth-order valence-corrected chi connectivity index (χ4v) is 5.84. The van der Waals surface area contributed by atoms with Crippen molar-refractivity contribution < 1.29 is 13.2 Å². The molecule has 2 N–H and O–H groups in total. The van der Waals surface area contributed by atoms with Crippen LogP contribution >= 0.6 is 0 Å². The van der Waals surface area contributed by atoms with Crippen molar-refractivity contribution in [2.75, 3.05) is 26.2 Å². The van der Waals surface area contributed by atoms with E-state index in [1.807, 2.05) is 0 Å². The summed E-state index contributed by atoms with van der Waals surface area (Å²) in [6, 6.07) is 6.43. The maximum Gasteiger partial charge on any atom is 0.253 e. The van der Waals surface area contributed by atoms with Crippen molar-refractivity contribution in [3.8, 4) is 0 Å². The second-order valence-corrected chi connectivity index (χ2v) is 9.89. The first kappa shape index (κ1) is 19.3. The lowest BCUT2D eigenvalue weighted by Gasteiger charge is -2.34. The van der Waals surface area contributed by atoms with Crippen LogP contribution in [0.25, 0.3) is 0 Å². The lowest BCUT2D eigenvalue weighted by molar-refractivity contribution is 0.0708. The Bertz CT molecular complexity index is 755. The molecule has 2 heterocycles. The Morgan fingerprint density at radius 2 is 1.85 bits per heavy atom. The molecular weight excluding hydrogens is 350 g/mol. The average Bonchev–Trinajstić information content (AvgIpc) is 2.60. The van der Waals surface area contributed by atoms with Gasteiger partial charge in [0.15, 0.2) is 0 Å². The smallest absolute Gasteiger partial charge is 0.253 e. The first-order valence-corrected chi connectivity index (χ1v) is 10.9. The van der Waals surface area contributed by atoms with E-state index in [1.165, 1.54) is 6.07 Å². The van der Waals surface area contributed by atoms with Crippen LogP contribution in [-0.2, 0) is 10.0 Å². The number of amides is 1. The predicted octanol–water partition coefficient (Wildman–Crippen LogP) is 1.92.